The molecule has 142 valence electrons. The van der Waals surface area contributed by atoms with Crippen LogP contribution < -0.4 is 5.32 Å². The normalized spacial score (nSPS) is 20.8. The number of anilines is 1. The summed E-state index contributed by atoms with van der Waals surface area (Å²) in [5, 5.41) is 2.73. The molecule has 0 aliphatic carbocycles. The summed E-state index contributed by atoms with van der Waals surface area (Å²) in [7, 11) is 0. The number of nitrogens with zero attached hydrogens (tertiary/aromatic N) is 2. The van der Waals surface area contributed by atoms with Crippen LogP contribution >= 0.6 is 0 Å². The summed E-state index contributed by atoms with van der Waals surface area (Å²) in [6, 6.07) is 4.22. The van der Waals surface area contributed by atoms with Crippen LogP contribution in [0.3, 0.4) is 0 Å². The van der Waals surface area contributed by atoms with Gasteiger partial charge >= 0.3 is 0 Å². The number of likely N-dealkylation sites (tertiary alicyclic amines) is 1. The number of hydrogen-bond donors (Lipinski definition) is 1. The van der Waals surface area contributed by atoms with Crippen molar-refractivity contribution in [1.82, 2.24) is 9.80 Å². The van der Waals surface area contributed by atoms with Gasteiger partial charge in [-0.15, -0.1) is 0 Å². The van der Waals surface area contributed by atoms with Crippen LogP contribution in [0.15, 0.2) is 18.2 Å². The molecular weight excluding hydrogens is 333 g/mol. The lowest BCUT2D eigenvalue weighted by molar-refractivity contribution is -0.135. The number of carbonyl (C=O) groups excluding carboxylic acids is 2. The summed E-state index contributed by atoms with van der Waals surface area (Å²) >= 11 is 0. The number of nitrogens with one attached hydrogen (secondary N) is 1. The average Bonchev–Trinajstić information content (AvgIpc) is 2.90. The molecule has 2 amide bonds. The average molecular weight is 361 g/mol. The Morgan fingerprint density at radius 2 is 2.00 bits per heavy atom. The molecule has 0 bridgehead atoms. The van der Waals surface area contributed by atoms with Crippen LogP contribution in [0.2, 0.25) is 0 Å². The van der Waals surface area contributed by atoms with Gasteiger partial charge in [0.2, 0.25) is 11.8 Å². The van der Waals surface area contributed by atoms with Gasteiger partial charge in [0.15, 0.2) is 0 Å². The Hall–Kier alpha value is -1.95. The van der Waals surface area contributed by atoms with Crippen molar-refractivity contribution in [2.75, 3.05) is 38.0 Å². The number of halogens is 1. The van der Waals surface area contributed by atoms with Crippen LogP contribution in [-0.2, 0) is 9.59 Å². The predicted molar refractivity (Wildman–Crippen MR) is 99.5 cm³/mol. The van der Waals surface area contributed by atoms with Gasteiger partial charge in [0.25, 0.3) is 0 Å². The first-order valence-electron chi connectivity index (χ1n) is 9.69. The highest BCUT2D eigenvalue weighted by Crippen LogP contribution is 2.34. The molecule has 1 unspecified atom stereocenters. The van der Waals surface area contributed by atoms with Crippen LogP contribution in [-0.4, -0.2) is 54.3 Å². The van der Waals surface area contributed by atoms with E-state index >= 15 is 0 Å². The standard InChI is InChI=1S/C20H28FN3O2/c1-2-24(12-11-23-9-5-3-4-6-10-23)20(26)17-14-19(25)22-18-8-7-15(21)13-16(17)18/h7-8,13,17H,2-6,9-12,14H2,1H3,(H,22,25). The van der Waals surface area contributed by atoms with E-state index in [1.165, 1.54) is 43.9 Å². The fourth-order valence-electron chi connectivity index (χ4n) is 3.92. The van der Waals surface area contributed by atoms with Gasteiger partial charge < -0.3 is 15.1 Å². The second kappa shape index (κ2) is 8.62. The van der Waals surface area contributed by atoms with Gasteiger partial charge in [0.1, 0.15) is 5.82 Å². The van der Waals surface area contributed by atoms with E-state index in [0.717, 1.165) is 19.6 Å². The third-order valence-corrected chi connectivity index (χ3v) is 5.43. The predicted octanol–water partition coefficient (Wildman–Crippen LogP) is 2.98. The van der Waals surface area contributed by atoms with E-state index in [9.17, 15) is 14.0 Å². The zero-order chi connectivity index (χ0) is 18.5. The second-order valence-electron chi connectivity index (χ2n) is 7.21. The summed E-state index contributed by atoms with van der Waals surface area (Å²) in [6.45, 7) is 6.23. The fraction of sp³-hybridized carbons (Fsp3) is 0.600. The Morgan fingerprint density at radius 3 is 2.69 bits per heavy atom. The van der Waals surface area contributed by atoms with Gasteiger partial charge in [-0.2, -0.15) is 0 Å². The Morgan fingerprint density at radius 1 is 1.27 bits per heavy atom. The van der Waals surface area contributed by atoms with Gasteiger partial charge in [-0.3, -0.25) is 9.59 Å². The van der Waals surface area contributed by atoms with Crippen LogP contribution in [0.4, 0.5) is 10.1 Å². The lowest BCUT2D eigenvalue weighted by Gasteiger charge is -2.31. The topological polar surface area (TPSA) is 52.7 Å². The number of rotatable bonds is 5. The van der Waals surface area contributed by atoms with Crippen LogP contribution in [0, 0.1) is 5.82 Å². The van der Waals surface area contributed by atoms with Crippen molar-refractivity contribution in [1.29, 1.82) is 0 Å². The molecule has 1 aromatic carbocycles. The van der Waals surface area contributed by atoms with Crippen molar-refractivity contribution in [2.24, 2.45) is 0 Å². The summed E-state index contributed by atoms with van der Waals surface area (Å²) in [4.78, 5) is 29.3. The minimum absolute atomic E-state index is 0.0789. The minimum Gasteiger partial charge on any atom is -0.341 e. The second-order valence-corrected chi connectivity index (χ2v) is 7.21. The number of fused-ring (bicyclic) bond motifs is 1. The number of hydrogen-bond acceptors (Lipinski definition) is 3. The lowest BCUT2D eigenvalue weighted by Crippen LogP contribution is -2.42. The van der Waals surface area contributed by atoms with E-state index in [-0.39, 0.29) is 24.1 Å². The molecule has 5 nitrogen and oxygen atoms in total. The molecule has 0 radical (unpaired) electrons. The Balaban J connectivity index is 1.70. The summed E-state index contributed by atoms with van der Waals surface area (Å²) in [5.74, 6) is -1.25. The first kappa shape index (κ1) is 18.8. The van der Waals surface area contributed by atoms with Crippen molar-refractivity contribution in [3.8, 4) is 0 Å². The summed E-state index contributed by atoms with van der Waals surface area (Å²) < 4.78 is 13.7. The molecular formula is C20H28FN3O2. The molecule has 1 saturated heterocycles. The third-order valence-electron chi connectivity index (χ3n) is 5.43. The van der Waals surface area contributed by atoms with Crippen LogP contribution in [0.25, 0.3) is 0 Å². The first-order chi connectivity index (χ1) is 12.6. The van der Waals surface area contributed by atoms with E-state index in [4.69, 9.17) is 0 Å². The molecule has 26 heavy (non-hydrogen) atoms. The molecule has 3 rings (SSSR count). The molecule has 2 heterocycles. The molecule has 0 aromatic heterocycles. The maximum atomic E-state index is 13.7. The highest BCUT2D eigenvalue weighted by atomic mass is 19.1. The fourth-order valence-corrected chi connectivity index (χ4v) is 3.92. The number of amides is 2. The smallest absolute Gasteiger partial charge is 0.230 e. The SMILES string of the molecule is CCN(CCN1CCCCCC1)C(=O)C1CC(=O)Nc2ccc(F)cc21. The van der Waals surface area contributed by atoms with E-state index < -0.39 is 5.92 Å². The summed E-state index contributed by atoms with van der Waals surface area (Å²) in [5.41, 5.74) is 1.13. The zero-order valence-corrected chi connectivity index (χ0v) is 15.5. The summed E-state index contributed by atoms with van der Waals surface area (Å²) in [6.07, 6.45) is 5.08. The molecule has 0 spiro atoms. The van der Waals surface area contributed by atoms with Gasteiger partial charge in [-0.05, 0) is 56.6 Å². The first-order valence-corrected chi connectivity index (χ1v) is 9.69. The van der Waals surface area contributed by atoms with E-state index in [0.29, 0.717) is 24.3 Å². The van der Waals surface area contributed by atoms with Crippen LogP contribution in [0.5, 0.6) is 0 Å². The molecule has 2 aliphatic rings. The van der Waals surface area contributed by atoms with Gasteiger partial charge in [-0.1, -0.05) is 12.8 Å². The van der Waals surface area contributed by atoms with Crippen molar-refractivity contribution in [3.63, 3.8) is 0 Å². The third kappa shape index (κ3) is 4.41. The van der Waals surface area contributed by atoms with Crippen LogP contribution in [0.1, 0.15) is 50.5 Å². The monoisotopic (exact) mass is 361 g/mol. The number of benzene rings is 1. The quantitative estimate of drug-likeness (QED) is 0.877. The maximum absolute atomic E-state index is 13.7. The molecule has 0 saturated carbocycles. The molecule has 1 aromatic rings. The Labute approximate surface area is 154 Å². The minimum atomic E-state index is -0.599. The van der Waals surface area contributed by atoms with E-state index in [1.54, 1.807) is 0 Å². The largest absolute Gasteiger partial charge is 0.341 e. The van der Waals surface area contributed by atoms with Crippen molar-refractivity contribution in [3.05, 3.63) is 29.6 Å². The molecule has 1 N–H and O–H groups in total. The molecule has 1 fully saturated rings. The van der Waals surface area contributed by atoms with E-state index in [2.05, 4.69) is 10.2 Å². The van der Waals surface area contributed by atoms with E-state index in [1.807, 2.05) is 11.8 Å². The molecule has 6 heteroatoms. The number of carbonyl (C=O) groups is 2. The lowest BCUT2D eigenvalue weighted by atomic mass is 9.89. The number of likely N-dealkylation sites (N-methyl/N-ethyl adjacent to an activating group) is 1. The van der Waals surface area contributed by atoms with Gasteiger partial charge in [-0.25, -0.2) is 4.39 Å². The zero-order valence-electron chi connectivity index (χ0n) is 15.5. The van der Waals surface area contributed by atoms with Gasteiger partial charge in [0, 0.05) is 31.7 Å². The Bertz CT molecular complexity index is 656. The maximum Gasteiger partial charge on any atom is 0.230 e. The molecule has 1 atom stereocenters. The van der Waals surface area contributed by atoms with Crippen molar-refractivity contribution in [2.45, 2.75) is 44.9 Å². The highest BCUT2D eigenvalue weighted by Gasteiger charge is 2.33. The van der Waals surface area contributed by atoms with Crippen molar-refractivity contribution < 1.29 is 14.0 Å². The van der Waals surface area contributed by atoms with Gasteiger partial charge in [0.05, 0.1) is 5.92 Å². The Kier molecular flexibility index (Phi) is 6.25. The highest BCUT2D eigenvalue weighted by molar-refractivity contribution is 6.01. The molecule has 2 aliphatic heterocycles. The van der Waals surface area contributed by atoms with Crippen molar-refractivity contribution >= 4 is 17.5 Å².